The first-order chi connectivity index (χ1) is 4.74. The molecule has 0 aromatic rings. The van der Waals surface area contributed by atoms with Gasteiger partial charge >= 0.3 is 0 Å². The van der Waals surface area contributed by atoms with Crippen LogP contribution in [0.5, 0.6) is 0 Å². The summed E-state index contributed by atoms with van der Waals surface area (Å²) in [5, 5.41) is 0.188. The number of halogens is 5. The van der Waals surface area contributed by atoms with Crippen molar-refractivity contribution >= 4 is 66.6 Å². The zero-order valence-electron chi connectivity index (χ0n) is 5.62. The molecule has 1 heterocycles. The second kappa shape index (κ2) is 3.79. The fourth-order valence-corrected chi connectivity index (χ4v) is 4.03. The Morgan fingerprint density at radius 3 is 1.67 bits per heavy atom. The van der Waals surface area contributed by atoms with Crippen molar-refractivity contribution in [3.05, 3.63) is 10.1 Å². The molecule has 0 bridgehead atoms. The number of nitrogens with zero attached hydrogens (tertiary/aromatic N) is 1. The van der Waals surface area contributed by atoms with Crippen LogP contribution < -0.4 is 0 Å². The van der Waals surface area contributed by atoms with Crippen LogP contribution >= 0.6 is 62.1 Å². The maximum atomic E-state index is 5.88. The average molecular weight is 468 g/mol. The molecule has 0 atom stereocenters. The second-order valence-corrected chi connectivity index (χ2v) is 13.4. The van der Waals surface area contributed by atoms with E-state index in [9.17, 15) is 0 Å². The monoisotopic (exact) mass is 466 g/mol. The van der Waals surface area contributed by atoms with E-state index < -0.39 is 6.80 Å². The Morgan fingerprint density at radius 1 is 1.17 bits per heavy atom. The van der Waals surface area contributed by atoms with Gasteiger partial charge in [0, 0.05) is 25.0 Å². The largest absolute Gasteiger partial charge is 0.216 e. The van der Waals surface area contributed by atoms with Gasteiger partial charge in [0.2, 0.25) is 0 Å². The van der Waals surface area contributed by atoms with E-state index in [0.29, 0.717) is 4.91 Å². The predicted octanol–water partition coefficient (Wildman–Crippen LogP) is 4.55. The average Bonchev–Trinajstić information content (AvgIpc) is 1.94. The summed E-state index contributed by atoms with van der Waals surface area (Å²) in [7, 11) is 17.6. The van der Waals surface area contributed by atoms with Gasteiger partial charge < -0.3 is 0 Å². The third-order valence-corrected chi connectivity index (χ3v) is 9.45. The molecule has 0 aromatic heterocycles. The Bertz CT molecular complexity index is 277. The number of rotatable bonds is 0. The van der Waals surface area contributed by atoms with Gasteiger partial charge in [-0.2, -0.15) is 0 Å². The molecule has 1 aliphatic heterocycles. The fourth-order valence-electron chi connectivity index (χ4n) is 0.533. The molecule has 1 aliphatic rings. The van der Waals surface area contributed by atoms with Crippen molar-refractivity contribution in [3.63, 3.8) is 0 Å². The van der Waals surface area contributed by atoms with Crippen LogP contribution in [0.1, 0.15) is 6.92 Å². The summed E-state index contributed by atoms with van der Waals surface area (Å²) in [5.41, 5.74) is 0. The van der Waals surface area contributed by atoms with Gasteiger partial charge in [0.25, 0.3) is 0 Å². The van der Waals surface area contributed by atoms with Crippen molar-refractivity contribution in [1.82, 2.24) is 0 Å². The molecule has 12 heavy (non-hydrogen) atoms. The van der Waals surface area contributed by atoms with E-state index in [1.165, 1.54) is 0 Å². The van der Waals surface area contributed by atoms with Crippen LogP contribution in [-0.2, 0) is 20.1 Å². The summed E-state index contributed by atoms with van der Waals surface area (Å²) in [6.07, 6.45) is 0. The molecule has 0 unspecified atom stereocenters. The van der Waals surface area contributed by atoms with E-state index in [1.807, 2.05) is 0 Å². The van der Waals surface area contributed by atoms with E-state index in [0.717, 1.165) is 0 Å². The number of hydrogen-bond donors (Lipinski definition) is 1. The van der Waals surface area contributed by atoms with Crippen LogP contribution in [-0.4, -0.2) is 4.50 Å². The first-order valence-electron chi connectivity index (χ1n) is 2.53. The topological polar surface area (TPSA) is 12.4 Å². The van der Waals surface area contributed by atoms with Crippen LogP contribution in [0.4, 0.5) is 0 Å². The Morgan fingerprint density at radius 2 is 1.58 bits per heavy atom. The summed E-state index contributed by atoms with van der Waals surface area (Å²) in [5.74, 6) is 0. The zero-order valence-corrected chi connectivity index (χ0v) is 12.7. The van der Waals surface area contributed by atoms with Crippen LogP contribution in [0, 0.1) is 0 Å². The SMILES string of the molecule is CC1=C(Cl)N=C(Cl)[SH]1(Cl)(Cl)Cl.[Ir]. The molecule has 75 valence electrons. The minimum Gasteiger partial charge on any atom is -0.216 e. The number of hydrogen-bond acceptors (Lipinski definition) is 1. The summed E-state index contributed by atoms with van der Waals surface area (Å²) in [6.45, 7) is -1.98. The molecule has 0 spiro atoms. The van der Waals surface area contributed by atoms with Crippen LogP contribution in [0.25, 0.3) is 0 Å². The molecule has 0 N–H and O–H groups in total. The van der Waals surface area contributed by atoms with Gasteiger partial charge in [-0.25, -0.2) is 4.99 Å². The van der Waals surface area contributed by atoms with E-state index in [1.54, 1.807) is 6.92 Å². The Kier molecular flexibility index (Phi) is 4.37. The van der Waals surface area contributed by atoms with Gasteiger partial charge in [0.05, 0.1) is 0 Å². The number of allylic oxidation sites excluding steroid dienone is 1. The second-order valence-electron chi connectivity index (χ2n) is 2.07. The molecule has 1 nitrogen and oxygen atoms in total. The standard InChI is InChI=1S/C4H4Cl5NS.Ir/c1-2-3(5)10-4(6)11(2,7,8)9;/h11H,1H3;. The fraction of sp³-hybridized carbons (Fsp3) is 0.250. The third kappa shape index (κ3) is 2.09. The van der Waals surface area contributed by atoms with Crippen molar-refractivity contribution < 1.29 is 20.1 Å². The van der Waals surface area contributed by atoms with E-state index >= 15 is 0 Å². The van der Waals surface area contributed by atoms with Crippen molar-refractivity contribution in [2.45, 2.75) is 6.92 Å². The van der Waals surface area contributed by atoms with Crippen LogP contribution in [0.2, 0.25) is 0 Å². The Labute approximate surface area is 108 Å². The van der Waals surface area contributed by atoms with Gasteiger partial charge in [-0.1, -0.05) is 23.2 Å². The normalized spacial score (nSPS) is 28.5. The van der Waals surface area contributed by atoms with E-state index in [2.05, 4.69) is 4.99 Å². The number of aliphatic imine (C=N–C) groups is 1. The number of thiol groups is 1. The molecule has 8 heteroatoms. The Balaban J connectivity index is 0.00000121. The summed E-state index contributed by atoms with van der Waals surface area (Å²) >= 11 is 11.2. The van der Waals surface area contributed by atoms with Crippen LogP contribution in [0.3, 0.4) is 0 Å². The van der Waals surface area contributed by atoms with E-state index in [4.69, 9.17) is 55.2 Å². The first kappa shape index (κ1) is 13.9. The molecular formula is C4H4Cl5IrNS. The van der Waals surface area contributed by atoms with Crippen molar-refractivity contribution in [1.29, 1.82) is 0 Å². The minimum absolute atomic E-state index is 0. The van der Waals surface area contributed by atoms with Gasteiger partial charge in [0.15, 0.2) is 4.50 Å². The predicted molar refractivity (Wildman–Crippen MR) is 58.4 cm³/mol. The molecule has 0 aromatic carbocycles. The van der Waals surface area contributed by atoms with Gasteiger partial charge in [-0.3, -0.25) is 0 Å². The first-order valence-corrected chi connectivity index (χ1v) is 8.24. The maximum Gasteiger partial charge on any atom is 0.169 e. The molecule has 0 aliphatic carbocycles. The van der Waals surface area contributed by atoms with Gasteiger partial charge in [-0.05, 0) is 45.8 Å². The molecular weight excluding hydrogens is 464 g/mol. The van der Waals surface area contributed by atoms with Crippen molar-refractivity contribution in [2.24, 2.45) is 4.99 Å². The molecule has 0 amide bonds. The smallest absolute Gasteiger partial charge is 0.169 e. The van der Waals surface area contributed by atoms with Crippen LogP contribution in [0.15, 0.2) is 15.1 Å². The quantitative estimate of drug-likeness (QED) is 0.396. The molecule has 0 fully saturated rings. The molecule has 1 radical (unpaired) electrons. The molecule has 1 rings (SSSR count). The van der Waals surface area contributed by atoms with Crippen molar-refractivity contribution in [2.75, 3.05) is 0 Å². The minimum atomic E-state index is -3.59. The molecule has 0 saturated carbocycles. The molecule has 0 saturated heterocycles. The zero-order chi connectivity index (χ0) is 8.89. The Hall–Kier alpha value is 1.86. The summed E-state index contributed by atoms with van der Waals surface area (Å²) in [6, 6.07) is 0. The summed E-state index contributed by atoms with van der Waals surface area (Å²) in [4.78, 5) is 4.14. The van der Waals surface area contributed by atoms with Crippen molar-refractivity contribution in [3.8, 4) is 0 Å². The third-order valence-electron chi connectivity index (χ3n) is 1.34. The van der Waals surface area contributed by atoms with E-state index in [-0.39, 0.29) is 29.8 Å². The van der Waals surface area contributed by atoms with Gasteiger partial charge in [-0.15, -0.1) is 0 Å². The van der Waals surface area contributed by atoms with Gasteiger partial charge in [0.1, 0.15) is 5.16 Å². The summed E-state index contributed by atoms with van der Waals surface area (Å²) < 4.78 is -0.0106. The maximum absolute atomic E-state index is 5.88.